The fourth-order valence-electron chi connectivity index (χ4n) is 5.49. The van der Waals surface area contributed by atoms with Crippen LogP contribution in [0, 0.1) is 5.82 Å². The Bertz CT molecular complexity index is 1280. The zero-order valence-corrected chi connectivity index (χ0v) is 21.7. The number of carbonyl (C=O) groups excluding carboxylic acids is 1. The van der Waals surface area contributed by atoms with Crippen molar-refractivity contribution in [1.82, 2.24) is 20.2 Å². The van der Waals surface area contributed by atoms with E-state index in [1.165, 1.54) is 12.4 Å². The molecule has 0 radical (unpaired) electrons. The molecule has 0 spiro atoms. The molecule has 1 aromatic heterocycles. The minimum atomic E-state index is -0.547. The number of nitrogens with zero attached hydrogens (tertiary/aromatic N) is 3. The van der Waals surface area contributed by atoms with Crippen molar-refractivity contribution in [3.63, 3.8) is 0 Å². The Hall–Kier alpha value is -3.17. The number of fused-ring (bicyclic) bond motifs is 1. The van der Waals surface area contributed by atoms with Gasteiger partial charge >= 0.3 is 0 Å². The van der Waals surface area contributed by atoms with E-state index in [-0.39, 0.29) is 28.8 Å². The van der Waals surface area contributed by atoms with Gasteiger partial charge in [0.2, 0.25) is 5.91 Å². The lowest BCUT2D eigenvalue weighted by Gasteiger charge is -2.37. The molecular weight excluding hydrogens is 497 g/mol. The van der Waals surface area contributed by atoms with Crippen molar-refractivity contribution in [3.05, 3.63) is 47.5 Å². The zero-order valence-electron chi connectivity index (χ0n) is 21.0. The predicted octanol–water partition coefficient (Wildman–Crippen LogP) is 5.07. The number of carbonyl (C=O) groups is 1. The maximum atomic E-state index is 14.5. The normalized spacial score (nSPS) is 22.1. The summed E-state index contributed by atoms with van der Waals surface area (Å²) in [4.78, 5) is 23.4. The Kier molecular flexibility index (Phi) is 7.62. The maximum absolute atomic E-state index is 14.5. The summed E-state index contributed by atoms with van der Waals surface area (Å²) in [6, 6.07) is 8.77. The fraction of sp³-hybridized carbons (Fsp3) is 0.444. The largest absolute Gasteiger partial charge is 0.493 e. The number of hydrogen-bond donors (Lipinski definition) is 2. The molecule has 1 amide bonds. The average molecular weight is 528 g/mol. The Morgan fingerprint density at radius 3 is 2.70 bits per heavy atom. The molecule has 3 aromatic rings. The van der Waals surface area contributed by atoms with Crippen LogP contribution in [0.2, 0.25) is 5.02 Å². The van der Waals surface area contributed by atoms with Crippen molar-refractivity contribution in [2.75, 3.05) is 26.0 Å². The van der Waals surface area contributed by atoms with Gasteiger partial charge in [-0.1, -0.05) is 17.7 Å². The molecule has 5 rings (SSSR count). The van der Waals surface area contributed by atoms with Crippen LogP contribution in [0.5, 0.6) is 11.5 Å². The summed E-state index contributed by atoms with van der Waals surface area (Å²) in [5.41, 5.74) is 0.864. The molecule has 1 aliphatic carbocycles. The monoisotopic (exact) mass is 527 g/mol. The third kappa shape index (κ3) is 5.29. The number of halogens is 2. The van der Waals surface area contributed by atoms with Crippen LogP contribution in [0.1, 0.15) is 38.5 Å². The first-order valence-corrected chi connectivity index (χ1v) is 13.0. The van der Waals surface area contributed by atoms with Gasteiger partial charge in [-0.05, 0) is 63.3 Å². The number of likely N-dealkylation sites (N-methyl/N-ethyl adjacent to an activating group) is 1. The molecule has 1 aliphatic heterocycles. The van der Waals surface area contributed by atoms with E-state index < -0.39 is 5.82 Å². The lowest BCUT2D eigenvalue weighted by Crippen LogP contribution is -2.48. The molecule has 196 valence electrons. The van der Waals surface area contributed by atoms with Crippen molar-refractivity contribution in [1.29, 1.82) is 0 Å². The summed E-state index contributed by atoms with van der Waals surface area (Å²) in [6.07, 6.45) is 7.12. The first-order chi connectivity index (χ1) is 18.0. The molecule has 0 bridgehead atoms. The molecule has 2 fully saturated rings. The van der Waals surface area contributed by atoms with Crippen molar-refractivity contribution >= 4 is 39.9 Å². The molecule has 1 saturated carbocycles. The number of amides is 1. The number of rotatable bonds is 7. The summed E-state index contributed by atoms with van der Waals surface area (Å²) in [6.45, 7) is 0.968. The summed E-state index contributed by atoms with van der Waals surface area (Å²) < 4.78 is 26.6. The lowest BCUT2D eigenvalue weighted by atomic mass is 9.91. The molecule has 2 aliphatic rings. The smallest absolute Gasteiger partial charge is 0.237 e. The van der Waals surface area contributed by atoms with E-state index in [1.807, 2.05) is 6.07 Å². The van der Waals surface area contributed by atoms with Gasteiger partial charge in [0.1, 0.15) is 12.1 Å². The molecular formula is C27H31ClFN5O3. The molecule has 8 nitrogen and oxygen atoms in total. The Morgan fingerprint density at radius 2 is 1.95 bits per heavy atom. The number of nitrogens with one attached hydrogen (secondary N) is 2. The molecule has 10 heteroatoms. The summed E-state index contributed by atoms with van der Waals surface area (Å²) in [7, 11) is 3.30. The number of likely N-dealkylation sites (tertiary alicyclic amines) is 1. The molecule has 2 aromatic carbocycles. The third-order valence-electron chi connectivity index (χ3n) is 7.38. The van der Waals surface area contributed by atoms with Crippen LogP contribution in [-0.4, -0.2) is 59.7 Å². The van der Waals surface area contributed by atoms with Crippen molar-refractivity contribution in [2.45, 2.75) is 56.7 Å². The number of ether oxygens (including phenoxy) is 2. The van der Waals surface area contributed by atoms with Crippen LogP contribution in [0.25, 0.3) is 10.9 Å². The summed E-state index contributed by atoms with van der Waals surface area (Å²) in [5, 5.41) is 6.55. The topological polar surface area (TPSA) is 88.6 Å². The minimum Gasteiger partial charge on any atom is -0.493 e. The van der Waals surface area contributed by atoms with E-state index in [4.69, 9.17) is 21.1 Å². The minimum absolute atomic E-state index is 0.0232. The highest BCUT2D eigenvalue weighted by molar-refractivity contribution is 6.31. The third-order valence-corrected chi connectivity index (χ3v) is 7.67. The van der Waals surface area contributed by atoms with E-state index in [9.17, 15) is 9.18 Å². The van der Waals surface area contributed by atoms with Gasteiger partial charge in [0, 0.05) is 24.5 Å². The second kappa shape index (κ2) is 11.1. The van der Waals surface area contributed by atoms with Gasteiger partial charge in [0.25, 0.3) is 0 Å². The quantitative estimate of drug-likeness (QED) is 0.443. The van der Waals surface area contributed by atoms with Crippen molar-refractivity contribution < 1.29 is 18.7 Å². The molecule has 2 N–H and O–H groups in total. The second-order valence-corrected chi connectivity index (χ2v) is 9.93. The zero-order chi connectivity index (χ0) is 25.9. The van der Waals surface area contributed by atoms with Crippen molar-refractivity contribution in [2.24, 2.45) is 0 Å². The van der Waals surface area contributed by atoms with Crippen molar-refractivity contribution in [3.8, 4) is 11.5 Å². The van der Waals surface area contributed by atoms with Gasteiger partial charge in [-0.15, -0.1) is 0 Å². The Balaban J connectivity index is 1.33. The second-order valence-electron chi connectivity index (χ2n) is 9.53. The van der Waals surface area contributed by atoms with Crippen LogP contribution < -0.4 is 20.1 Å². The first kappa shape index (κ1) is 25.5. The van der Waals surface area contributed by atoms with Gasteiger partial charge in [0.15, 0.2) is 17.3 Å². The molecule has 2 heterocycles. The highest BCUT2D eigenvalue weighted by atomic mass is 35.5. The number of methoxy groups -OCH3 is 1. The summed E-state index contributed by atoms with van der Waals surface area (Å²) in [5.74, 6) is 1.17. The van der Waals surface area contributed by atoms with Crippen LogP contribution in [-0.2, 0) is 4.79 Å². The van der Waals surface area contributed by atoms with Gasteiger partial charge in [-0.2, -0.15) is 0 Å². The van der Waals surface area contributed by atoms with Crippen LogP contribution in [0.4, 0.5) is 15.9 Å². The van der Waals surface area contributed by atoms with Gasteiger partial charge < -0.3 is 20.1 Å². The Labute approximate surface area is 220 Å². The van der Waals surface area contributed by atoms with E-state index in [1.54, 1.807) is 32.4 Å². The number of anilines is 2. The number of hydrogen-bond acceptors (Lipinski definition) is 7. The van der Waals surface area contributed by atoms with E-state index in [0.717, 1.165) is 45.1 Å². The van der Waals surface area contributed by atoms with E-state index in [2.05, 4.69) is 25.5 Å². The van der Waals surface area contributed by atoms with Gasteiger partial charge in [0.05, 0.1) is 35.5 Å². The van der Waals surface area contributed by atoms with Gasteiger partial charge in [-0.3, -0.25) is 9.69 Å². The maximum Gasteiger partial charge on any atom is 0.237 e. The summed E-state index contributed by atoms with van der Waals surface area (Å²) >= 11 is 5.95. The van der Waals surface area contributed by atoms with E-state index >= 15 is 0 Å². The molecule has 1 atom stereocenters. The number of benzene rings is 2. The first-order valence-electron chi connectivity index (χ1n) is 12.7. The molecule has 0 unspecified atom stereocenters. The molecule has 1 saturated heterocycles. The molecule has 37 heavy (non-hydrogen) atoms. The highest BCUT2D eigenvalue weighted by Crippen LogP contribution is 2.38. The Morgan fingerprint density at radius 1 is 1.14 bits per heavy atom. The fourth-order valence-corrected chi connectivity index (χ4v) is 5.67. The average Bonchev–Trinajstić information content (AvgIpc) is 3.41. The highest BCUT2D eigenvalue weighted by Gasteiger charge is 2.37. The van der Waals surface area contributed by atoms with Crippen LogP contribution in [0.3, 0.4) is 0 Å². The lowest BCUT2D eigenvalue weighted by molar-refractivity contribution is -0.126. The van der Waals surface area contributed by atoms with Gasteiger partial charge in [-0.25, -0.2) is 14.4 Å². The van der Waals surface area contributed by atoms with E-state index in [0.29, 0.717) is 34.3 Å². The predicted molar refractivity (Wildman–Crippen MR) is 141 cm³/mol. The van der Waals surface area contributed by atoms with Crippen LogP contribution >= 0.6 is 11.6 Å². The standard InChI is InChI=1S/C27H31ClFN5O3/c1-30-27(35)22-7-4-12-34(22)16-8-10-17(11-9-16)37-24-13-18-21(14-23(24)36-2)31-15-32-26(18)33-20-6-3-5-19(28)25(20)29/h3,5-6,13-17,22H,4,7-12H2,1-2H3,(H,30,35)(H,31,32,33)/t16-,17-,22-/m0/s1. The van der Waals surface area contributed by atoms with Crippen LogP contribution in [0.15, 0.2) is 36.7 Å². The number of aromatic nitrogens is 2. The SMILES string of the molecule is CNC(=O)[C@@H]1CCCN1[C@H]1CC[C@H](Oc2cc3c(Nc4cccc(Cl)c4F)ncnc3cc2OC)CC1.